The van der Waals surface area contributed by atoms with Gasteiger partial charge in [-0.1, -0.05) is 19.8 Å². The molecule has 0 aliphatic rings. The Kier molecular flexibility index (Phi) is 6.57. The second-order valence-electron chi connectivity index (χ2n) is 3.15. The van der Waals surface area contributed by atoms with Gasteiger partial charge in [-0.15, -0.1) is 0 Å². The first-order valence-corrected chi connectivity index (χ1v) is 4.59. The van der Waals surface area contributed by atoms with E-state index in [0.29, 0.717) is 6.17 Å². The van der Waals surface area contributed by atoms with E-state index in [-0.39, 0.29) is 0 Å². The van der Waals surface area contributed by atoms with E-state index in [1.165, 1.54) is 25.8 Å². The maximum absolute atomic E-state index is 3.22. The number of rotatable bonds is 6. The fraction of sp³-hybridized carbons (Fsp3) is 1.00. The predicted molar refractivity (Wildman–Crippen MR) is 50.7 cm³/mol. The molecule has 0 rings (SSSR count). The average molecular weight is 158 g/mol. The molecule has 0 amide bonds. The van der Waals surface area contributed by atoms with Crippen molar-refractivity contribution in [3.63, 3.8) is 0 Å². The highest BCUT2D eigenvalue weighted by Crippen LogP contribution is 1.98. The quantitative estimate of drug-likeness (QED) is 0.467. The van der Waals surface area contributed by atoms with Crippen LogP contribution in [0.4, 0.5) is 0 Å². The van der Waals surface area contributed by atoms with E-state index in [2.05, 4.69) is 31.1 Å². The van der Waals surface area contributed by atoms with Crippen LogP contribution in [0.3, 0.4) is 0 Å². The van der Waals surface area contributed by atoms with E-state index in [9.17, 15) is 0 Å². The largest absolute Gasteiger partial charge is 0.305 e. The Labute approximate surface area is 71.0 Å². The van der Waals surface area contributed by atoms with E-state index in [4.69, 9.17) is 0 Å². The van der Waals surface area contributed by atoms with Gasteiger partial charge in [-0.25, -0.2) is 0 Å². The predicted octanol–water partition coefficient (Wildman–Crippen LogP) is 1.67. The van der Waals surface area contributed by atoms with Crippen LogP contribution in [-0.4, -0.2) is 31.7 Å². The molecule has 1 N–H and O–H groups in total. The Morgan fingerprint density at radius 1 is 1.36 bits per heavy atom. The maximum atomic E-state index is 3.22. The molecule has 0 aliphatic heterocycles. The van der Waals surface area contributed by atoms with Crippen molar-refractivity contribution in [2.75, 3.05) is 20.6 Å². The molecule has 0 saturated heterocycles. The molecule has 0 aromatic rings. The summed E-state index contributed by atoms with van der Waals surface area (Å²) < 4.78 is 0. The number of hydrogen-bond acceptors (Lipinski definition) is 2. The Hall–Kier alpha value is -0.0800. The van der Waals surface area contributed by atoms with Crippen LogP contribution in [0.25, 0.3) is 0 Å². The van der Waals surface area contributed by atoms with Crippen molar-refractivity contribution in [2.24, 2.45) is 0 Å². The molecule has 0 aromatic heterocycles. The van der Waals surface area contributed by atoms with Crippen LogP contribution in [0.5, 0.6) is 0 Å². The lowest BCUT2D eigenvalue weighted by atomic mass is 10.2. The lowest BCUT2D eigenvalue weighted by Gasteiger charge is -2.23. The third-order valence-electron chi connectivity index (χ3n) is 2.19. The standard InChI is InChI=1S/C9H22N2/c1-5-6-7-8-11(4)9(2)10-3/h9-10H,5-8H2,1-4H3. The summed E-state index contributed by atoms with van der Waals surface area (Å²) in [6, 6.07) is 0. The Morgan fingerprint density at radius 2 is 2.00 bits per heavy atom. The molecular weight excluding hydrogens is 136 g/mol. The van der Waals surface area contributed by atoms with Crippen molar-refractivity contribution in [2.45, 2.75) is 39.3 Å². The van der Waals surface area contributed by atoms with Gasteiger partial charge in [-0.2, -0.15) is 0 Å². The molecule has 1 atom stereocenters. The second-order valence-corrected chi connectivity index (χ2v) is 3.15. The van der Waals surface area contributed by atoms with Gasteiger partial charge in [0, 0.05) is 0 Å². The third kappa shape index (κ3) is 5.22. The van der Waals surface area contributed by atoms with E-state index < -0.39 is 0 Å². The lowest BCUT2D eigenvalue weighted by molar-refractivity contribution is 0.226. The minimum absolute atomic E-state index is 0.506. The maximum Gasteiger partial charge on any atom is 0.0562 e. The first kappa shape index (κ1) is 10.9. The summed E-state index contributed by atoms with van der Waals surface area (Å²) in [6.07, 6.45) is 4.48. The summed E-state index contributed by atoms with van der Waals surface area (Å²) in [5, 5.41) is 3.22. The molecule has 2 heteroatoms. The summed E-state index contributed by atoms with van der Waals surface area (Å²) in [7, 11) is 4.16. The van der Waals surface area contributed by atoms with Crippen molar-refractivity contribution in [1.29, 1.82) is 0 Å². The van der Waals surface area contributed by atoms with Gasteiger partial charge < -0.3 is 5.32 Å². The van der Waals surface area contributed by atoms with Crippen molar-refractivity contribution in [1.82, 2.24) is 10.2 Å². The molecule has 0 aromatic carbocycles. The highest BCUT2D eigenvalue weighted by atomic mass is 15.2. The van der Waals surface area contributed by atoms with Gasteiger partial charge in [0.1, 0.15) is 0 Å². The zero-order valence-electron chi connectivity index (χ0n) is 8.35. The topological polar surface area (TPSA) is 15.3 Å². The number of unbranched alkanes of at least 4 members (excludes halogenated alkanes) is 2. The highest BCUT2D eigenvalue weighted by molar-refractivity contribution is 4.57. The van der Waals surface area contributed by atoms with Gasteiger partial charge in [0.15, 0.2) is 0 Å². The van der Waals surface area contributed by atoms with E-state index >= 15 is 0 Å². The van der Waals surface area contributed by atoms with Crippen LogP contribution in [0, 0.1) is 0 Å². The number of hydrogen-bond donors (Lipinski definition) is 1. The summed E-state index contributed by atoms with van der Waals surface area (Å²) >= 11 is 0. The molecule has 0 aliphatic carbocycles. The van der Waals surface area contributed by atoms with Crippen LogP contribution in [0.15, 0.2) is 0 Å². The van der Waals surface area contributed by atoms with Crippen molar-refractivity contribution in [3.05, 3.63) is 0 Å². The van der Waals surface area contributed by atoms with Gasteiger partial charge in [0.25, 0.3) is 0 Å². The molecule has 0 bridgehead atoms. The minimum atomic E-state index is 0.506. The van der Waals surface area contributed by atoms with Crippen LogP contribution < -0.4 is 5.32 Å². The molecule has 0 spiro atoms. The molecular formula is C9H22N2. The van der Waals surface area contributed by atoms with Crippen molar-refractivity contribution < 1.29 is 0 Å². The normalized spacial score (nSPS) is 13.9. The molecule has 0 saturated carbocycles. The zero-order valence-corrected chi connectivity index (χ0v) is 8.35. The lowest BCUT2D eigenvalue weighted by Crippen LogP contribution is -2.39. The first-order valence-electron chi connectivity index (χ1n) is 4.59. The van der Waals surface area contributed by atoms with Gasteiger partial charge in [0.2, 0.25) is 0 Å². The molecule has 0 radical (unpaired) electrons. The molecule has 0 fully saturated rings. The smallest absolute Gasteiger partial charge is 0.0562 e. The third-order valence-corrected chi connectivity index (χ3v) is 2.19. The van der Waals surface area contributed by atoms with Gasteiger partial charge >= 0.3 is 0 Å². The van der Waals surface area contributed by atoms with Gasteiger partial charge in [-0.3, -0.25) is 4.90 Å². The number of nitrogens with one attached hydrogen (secondary N) is 1. The van der Waals surface area contributed by atoms with Crippen LogP contribution >= 0.6 is 0 Å². The van der Waals surface area contributed by atoms with E-state index in [0.717, 1.165) is 0 Å². The zero-order chi connectivity index (χ0) is 8.69. The summed E-state index contributed by atoms with van der Waals surface area (Å²) in [5.74, 6) is 0. The fourth-order valence-corrected chi connectivity index (χ4v) is 1.03. The SMILES string of the molecule is CCCCCN(C)C(C)NC. The first-order chi connectivity index (χ1) is 5.22. The van der Waals surface area contributed by atoms with Crippen LogP contribution in [0.2, 0.25) is 0 Å². The summed E-state index contributed by atoms with van der Waals surface area (Å²) in [6.45, 7) is 5.63. The molecule has 68 valence electrons. The summed E-state index contributed by atoms with van der Waals surface area (Å²) in [4.78, 5) is 2.34. The molecule has 11 heavy (non-hydrogen) atoms. The van der Waals surface area contributed by atoms with Crippen molar-refractivity contribution in [3.8, 4) is 0 Å². The van der Waals surface area contributed by atoms with Gasteiger partial charge in [-0.05, 0) is 34.0 Å². The highest BCUT2D eigenvalue weighted by Gasteiger charge is 2.03. The van der Waals surface area contributed by atoms with E-state index in [1.807, 2.05) is 7.05 Å². The monoisotopic (exact) mass is 158 g/mol. The van der Waals surface area contributed by atoms with Gasteiger partial charge in [0.05, 0.1) is 6.17 Å². The van der Waals surface area contributed by atoms with Crippen LogP contribution in [-0.2, 0) is 0 Å². The number of nitrogens with zero attached hydrogens (tertiary/aromatic N) is 1. The minimum Gasteiger partial charge on any atom is -0.305 e. The summed E-state index contributed by atoms with van der Waals surface area (Å²) in [5.41, 5.74) is 0. The molecule has 2 nitrogen and oxygen atoms in total. The molecule has 0 heterocycles. The van der Waals surface area contributed by atoms with Crippen LogP contribution in [0.1, 0.15) is 33.1 Å². The second kappa shape index (κ2) is 6.62. The average Bonchev–Trinajstić information content (AvgIpc) is 2.03. The Morgan fingerprint density at radius 3 is 2.45 bits per heavy atom. The van der Waals surface area contributed by atoms with E-state index in [1.54, 1.807) is 0 Å². The Balaban J connectivity index is 3.28. The van der Waals surface area contributed by atoms with Crippen molar-refractivity contribution >= 4 is 0 Å². The molecule has 1 unspecified atom stereocenters. The Bertz CT molecular complexity index is 83.6. The fourth-order valence-electron chi connectivity index (χ4n) is 1.03.